The number of rotatable bonds is 5. The minimum Gasteiger partial charge on any atom is -0.477 e. The Labute approximate surface area is 151 Å². The maximum Gasteiger partial charge on any atom is 0.490 e. The Morgan fingerprint density at radius 3 is 2.26 bits per heavy atom. The molecular formula is C17H19F3N2O5. The van der Waals surface area contributed by atoms with Gasteiger partial charge in [-0.15, -0.1) is 0 Å². The maximum absolute atomic E-state index is 12.2. The second-order valence-corrected chi connectivity index (χ2v) is 5.51. The van der Waals surface area contributed by atoms with E-state index in [2.05, 4.69) is 0 Å². The molecule has 10 heteroatoms. The van der Waals surface area contributed by atoms with Crippen molar-refractivity contribution < 1.29 is 33.0 Å². The molecule has 0 aliphatic heterocycles. The van der Waals surface area contributed by atoms with Crippen LogP contribution in [0.4, 0.5) is 13.2 Å². The van der Waals surface area contributed by atoms with E-state index < -0.39 is 23.5 Å². The molecule has 1 heterocycles. The number of alkyl halides is 3. The van der Waals surface area contributed by atoms with E-state index in [1.165, 1.54) is 6.20 Å². The normalized spacial score (nSPS) is 11.0. The molecule has 0 aliphatic rings. The van der Waals surface area contributed by atoms with Crippen LogP contribution in [0.2, 0.25) is 0 Å². The van der Waals surface area contributed by atoms with E-state index in [1.54, 1.807) is 10.6 Å². The molecule has 7 nitrogen and oxygen atoms in total. The molecule has 27 heavy (non-hydrogen) atoms. The van der Waals surface area contributed by atoms with Gasteiger partial charge in [-0.1, -0.05) is 6.07 Å². The summed E-state index contributed by atoms with van der Waals surface area (Å²) >= 11 is 0. The third-order valence-electron chi connectivity index (χ3n) is 3.63. The van der Waals surface area contributed by atoms with Crippen molar-refractivity contribution in [3.05, 3.63) is 45.7 Å². The number of halogens is 3. The van der Waals surface area contributed by atoms with Crippen LogP contribution < -0.4 is 11.2 Å². The number of aliphatic carboxylic acids is 1. The highest BCUT2D eigenvalue weighted by molar-refractivity contribution is 5.92. The highest BCUT2D eigenvalue weighted by Gasteiger charge is 2.38. The van der Waals surface area contributed by atoms with Gasteiger partial charge in [0.25, 0.3) is 0 Å². The van der Waals surface area contributed by atoms with Gasteiger partial charge >= 0.3 is 18.1 Å². The summed E-state index contributed by atoms with van der Waals surface area (Å²) in [6, 6.07) is 5.62. The van der Waals surface area contributed by atoms with Crippen LogP contribution in [0.5, 0.6) is 0 Å². The number of nitrogens with two attached hydrogens (primary N) is 1. The number of aromatic carboxylic acids is 1. The highest BCUT2D eigenvalue weighted by Crippen LogP contribution is 2.16. The fourth-order valence-electron chi connectivity index (χ4n) is 2.32. The molecule has 1 aromatic carbocycles. The van der Waals surface area contributed by atoms with Crippen molar-refractivity contribution in [3.63, 3.8) is 0 Å². The van der Waals surface area contributed by atoms with Crippen LogP contribution in [0.25, 0.3) is 10.9 Å². The van der Waals surface area contributed by atoms with E-state index in [0.717, 1.165) is 23.9 Å². The summed E-state index contributed by atoms with van der Waals surface area (Å²) in [6.07, 6.45) is -2.05. The molecule has 0 spiro atoms. The van der Waals surface area contributed by atoms with Gasteiger partial charge in [0.05, 0.1) is 5.52 Å². The van der Waals surface area contributed by atoms with E-state index >= 15 is 0 Å². The molecule has 0 bridgehead atoms. The van der Waals surface area contributed by atoms with Gasteiger partial charge in [0, 0.05) is 18.1 Å². The molecule has 0 aliphatic carbocycles. The Morgan fingerprint density at radius 1 is 1.22 bits per heavy atom. The van der Waals surface area contributed by atoms with Crippen molar-refractivity contribution in [1.82, 2.24) is 4.57 Å². The van der Waals surface area contributed by atoms with Gasteiger partial charge < -0.3 is 20.5 Å². The Hall–Kier alpha value is -2.88. The number of carboxylic acids is 2. The molecule has 0 atom stereocenters. The SMILES string of the molecule is CCn1cc(C(=O)O)c(=O)c2cc(CCCN)ccc21.O=C(O)C(F)(F)F. The standard InChI is InChI=1S/C15H18N2O3.C2HF3O2/c1-2-17-9-12(15(19)20)14(18)11-8-10(4-3-7-16)5-6-13(11)17;3-2(4,5)1(6)7/h5-6,8-9H,2-4,7,16H2,1H3,(H,19,20);(H,6,7). The Morgan fingerprint density at radius 2 is 1.81 bits per heavy atom. The van der Waals surface area contributed by atoms with Gasteiger partial charge in [0.15, 0.2) is 0 Å². The van der Waals surface area contributed by atoms with Crippen molar-refractivity contribution in [1.29, 1.82) is 0 Å². The molecule has 0 saturated heterocycles. The zero-order valence-electron chi connectivity index (χ0n) is 14.4. The molecule has 0 amide bonds. The van der Waals surface area contributed by atoms with E-state index in [4.69, 9.17) is 20.7 Å². The molecule has 0 saturated carbocycles. The number of pyridine rings is 1. The van der Waals surface area contributed by atoms with Crippen molar-refractivity contribution in [2.45, 2.75) is 32.5 Å². The van der Waals surface area contributed by atoms with Crippen LogP contribution >= 0.6 is 0 Å². The van der Waals surface area contributed by atoms with Crippen LogP contribution in [0.1, 0.15) is 29.3 Å². The predicted molar refractivity (Wildman–Crippen MR) is 91.9 cm³/mol. The van der Waals surface area contributed by atoms with Crippen molar-refractivity contribution in [2.75, 3.05) is 6.54 Å². The molecule has 0 radical (unpaired) electrons. The van der Waals surface area contributed by atoms with Gasteiger partial charge in [0.2, 0.25) is 5.43 Å². The lowest BCUT2D eigenvalue weighted by atomic mass is 10.0. The number of hydrogen-bond donors (Lipinski definition) is 3. The molecule has 2 aromatic rings. The minimum atomic E-state index is -5.08. The first-order valence-corrected chi connectivity index (χ1v) is 7.92. The first kappa shape index (κ1) is 22.2. The topological polar surface area (TPSA) is 123 Å². The number of aromatic nitrogens is 1. The van der Waals surface area contributed by atoms with Gasteiger partial charge in [-0.05, 0) is 44.0 Å². The highest BCUT2D eigenvalue weighted by atomic mass is 19.4. The van der Waals surface area contributed by atoms with Crippen LogP contribution in [-0.2, 0) is 17.8 Å². The number of aryl methyl sites for hydroxylation is 2. The summed E-state index contributed by atoms with van der Waals surface area (Å²) in [7, 11) is 0. The molecule has 2 rings (SSSR count). The van der Waals surface area contributed by atoms with E-state index in [-0.39, 0.29) is 5.56 Å². The van der Waals surface area contributed by atoms with Crippen molar-refractivity contribution >= 4 is 22.8 Å². The van der Waals surface area contributed by atoms with E-state index in [9.17, 15) is 22.8 Å². The molecule has 0 unspecified atom stereocenters. The van der Waals surface area contributed by atoms with Gasteiger partial charge in [-0.2, -0.15) is 13.2 Å². The van der Waals surface area contributed by atoms with Crippen molar-refractivity contribution in [3.8, 4) is 0 Å². The summed E-state index contributed by atoms with van der Waals surface area (Å²) in [5.74, 6) is -3.95. The third kappa shape index (κ3) is 5.81. The molecule has 1 aromatic heterocycles. The quantitative estimate of drug-likeness (QED) is 0.722. The Balaban J connectivity index is 0.000000445. The average molecular weight is 388 g/mol. The molecule has 148 valence electrons. The average Bonchev–Trinajstić information content (AvgIpc) is 2.60. The number of fused-ring (bicyclic) bond motifs is 1. The van der Waals surface area contributed by atoms with Gasteiger partial charge in [-0.3, -0.25) is 4.79 Å². The molecule has 4 N–H and O–H groups in total. The second-order valence-electron chi connectivity index (χ2n) is 5.51. The van der Waals surface area contributed by atoms with Crippen LogP contribution in [0, 0.1) is 0 Å². The monoisotopic (exact) mass is 388 g/mol. The van der Waals surface area contributed by atoms with E-state index in [1.807, 2.05) is 19.1 Å². The Bertz CT molecular complexity index is 890. The summed E-state index contributed by atoms with van der Waals surface area (Å²) in [5, 5.41) is 16.7. The van der Waals surface area contributed by atoms with Gasteiger partial charge in [0.1, 0.15) is 5.56 Å². The maximum atomic E-state index is 12.2. The van der Waals surface area contributed by atoms with Crippen molar-refractivity contribution in [2.24, 2.45) is 5.73 Å². The Kier molecular flexibility index (Phi) is 7.53. The lowest BCUT2D eigenvalue weighted by Crippen LogP contribution is -2.21. The first-order valence-electron chi connectivity index (χ1n) is 7.92. The number of carboxylic acid groups (broad SMARTS) is 2. The van der Waals surface area contributed by atoms with Crippen LogP contribution in [-0.4, -0.2) is 39.4 Å². The molecular weight excluding hydrogens is 369 g/mol. The number of hydrogen-bond acceptors (Lipinski definition) is 4. The fraction of sp³-hybridized carbons (Fsp3) is 0.353. The number of benzene rings is 1. The number of carbonyl (C=O) groups is 2. The third-order valence-corrected chi connectivity index (χ3v) is 3.63. The predicted octanol–water partition coefficient (Wildman–Crippen LogP) is 2.24. The largest absolute Gasteiger partial charge is 0.490 e. The minimum absolute atomic E-state index is 0.185. The lowest BCUT2D eigenvalue weighted by Gasteiger charge is -2.11. The first-order chi connectivity index (χ1) is 12.5. The lowest BCUT2D eigenvalue weighted by molar-refractivity contribution is -0.192. The number of nitrogens with zero attached hydrogens (tertiary/aromatic N) is 1. The molecule has 0 fully saturated rings. The summed E-state index contributed by atoms with van der Waals surface area (Å²) in [5.41, 5.74) is 6.64. The summed E-state index contributed by atoms with van der Waals surface area (Å²) in [4.78, 5) is 32.3. The summed E-state index contributed by atoms with van der Waals surface area (Å²) < 4.78 is 33.5. The zero-order chi connectivity index (χ0) is 20.8. The van der Waals surface area contributed by atoms with E-state index in [0.29, 0.717) is 18.5 Å². The smallest absolute Gasteiger partial charge is 0.477 e. The summed E-state index contributed by atoms with van der Waals surface area (Å²) in [6.45, 7) is 3.11. The zero-order valence-corrected chi connectivity index (χ0v) is 14.4. The van der Waals surface area contributed by atoms with Crippen LogP contribution in [0.15, 0.2) is 29.2 Å². The second kappa shape index (κ2) is 9.17. The van der Waals surface area contributed by atoms with Crippen LogP contribution in [0.3, 0.4) is 0 Å². The fourth-order valence-corrected chi connectivity index (χ4v) is 2.32. The van der Waals surface area contributed by atoms with Gasteiger partial charge in [-0.25, -0.2) is 9.59 Å².